The Bertz CT molecular complexity index is 749. The predicted octanol–water partition coefficient (Wildman–Crippen LogP) is 11.9. The van der Waals surface area contributed by atoms with Gasteiger partial charge < -0.3 is 9.47 Å². The van der Waals surface area contributed by atoms with E-state index in [2.05, 4.69) is 166 Å². The van der Waals surface area contributed by atoms with Gasteiger partial charge in [0.25, 0.3) is 0 Å². The molecule has 0 bridgehead atoms. The molecule has 0 amide bonds. The van der Waals surface area contributed by atoms with Crippen molar-refractivity contribution >= 4 is 0 Å². The van der Waals surface area contributed by atoms with Crippen molar-refractivity contribution in [1.29, 1.82) is 0 Å². The van der Waals surface area contributed by atoms with Crippen LogP contribution >= 0.6 is 0 Å². The first-order valence-corrected chi connectivity index (χ1v) is 19.3. The Kier molecular flexibility index (Phi) is 17.7. The summed E-state index contributed by atoms with van der Waals surface area (Å²) < 4.78 is 44.7. The fourth-order valence-electron chi connectivity index (χ4n) is 8.79. The van der Waals surface area contributed by atoms with Gasteiger partial charge in [-0.3, -0.25) is 18.9 Å². The molecular formula is C41H84O6. The molecule has 0 atom stereocenters. The van der Waals surface area contributed by atoms with Gasteiger partial charge in [-0.25, -0.2) is 0 Å². The fraction of sp³-hybridized carbons (Fsp3) is 1.00. The van der Waals surface area contributed by atoms with Crippen LogP contribution < -0.4 is 0 Å². The van der Waals surface area contributed by atoms with Crippen LogP contribution in [0.25, 0.3) is 0 Å². The zero-order chi connectivity index (χ0) is 37.7. The lowest BCUT2D eigenvalue weighted by Crippen LogP contribution is -2.69. The van der Waals surface area contributed by atoms with E-state index in [1.165, 1.54) is 0 Å². The van der Waals surface area contributed by atoms with Crippen molar-refractivity contribution in [2.75, 3.05) is 0 Å². The number of hydrogen-bond donors (Lipinski definition) is 0. The highest BCUT2D eigenvalue weighted by Crippen LogP contribution is 2.52. The average Bonchev–Trinajstić information content (AvgIpc) is 2.87. The molecule has 47 heavy (non-hydrogen) atoms. The molecule has 0 rings (SSSR count). The molecule has 0 saturated carbocycles. The normalized spacial score (nSPS) is 15.1. The minimum absolute atomic E-state index is 0.0725. The van der Waals surface area contributed by atoms with Gasteiger partial charge in [0.15, 0.2) is 11.6 Å². The first-order chi connectivity index (χ1) is 21.1. The molecule has 0 spiro atoms. The summed E-state index contributed by atoms with van der Waals surface area (Å²) >= 11 is 0. The van der Waals surface area contributed by atoms with Gasteiger partial charge >= 0.3 is 6.16 Å². The van der Waals surface area contributed by atoms with Gasteiger partial charge in [0.05, 0.1) is 23.4 Å². The van der Waals surface area contributed by atoms with Gasteiger partial charge in [-0.2, -0.15) is 0 Å². The van der Waals surface area contributed by atoms with Crippen LogP contribution in [0.1, 0.15) is 166 Å². The van der Waals surface area contributed by atoms with Crippen LogP contribution in [0.5, 0.6) is 0 Å². The van der Waals surface area contributed by atoms with Crippen molar-refractivity contribution in [3.8, 4) is 0 Å². The van der Waals surface area contributed by atoms with Crippen LogP contribution in [-0.2, 0) is 28.4 Å². The highest BCUT2D eigenvalue weighted by Gasteiger charge is 2.64. The average molecular weight is 673 g/mol. The molecule has 0 fully saturated rings. The summed E-state index contributed by atoms with van der Waals surface area (Å²) in [6.07, 6.45) is -2.27. The van der Waals surface area contributed by atoms with E-state index in [1.54, 1.807) is 0 Å². The third-order valence-corrected chi connectivity index (χ3v) is 10.6. The van der Waals surface area contributed by atoms with E-state index in [1.807, 2.05) is 0 Å². The van der Waals surface area contributed by atoms with Gasteiger partial charge in [-0.15, -0.1) is 0 Å². The van der Waals surface area contributed by atoms with Crippen molar-refractivity contribution in [1.82, 2.24) is 0 Å². The van der Waals surface area contributed by atoms with Crippen LogP contribution in [0.3, 0.4) is 0 Å². The van der Waals surface area contributed by atoms with Crippen molar-refractivity contribution in [3.63, 3.8) is 0 Å². The first-order valence-electron chi connectivity index (χ1n) is 19.3. The molecule has 0 saturated heterocycles. The summed E-state index contributed by atoms with van der Waals surface area (Å²) in [5.74, 6) is -1.95. The summed E-state index contributed by atoms with van der Waals surface area (Å²) in [4.78, 5) is 0. The Morgan fingerprint density at radius 3 is 0.574 bits per heavy atom. The molecule has 0 aliphatic heterocycles. The van der Waals surface area contributed by atoms with Crippen molar-refractivity contribution in [3.05, 3.63) is 0 Å². The second-order valence-electron chi connectivity index (χ2n) is 17.9. The highest BCUT2D eigenvalue weighted by atomic mass is 17.1. The van der Waals surface area contributed by atoms with Crippen molar-refractivity contribution < 1.29 is 28.4 Å². The summed E-state index contributed by atoms with van der Waals surface area (Å²) in [7, 11) is 0. The van der Waals surface area contributed by atoms with Crippen molar-refractivity contribution in [2.45, 2.75) is 207 Å². The van der Waals surface area contributed by atoms with Crippen LogP contribution in [0.15, 0.2) is 0 Å². The monoisotopic (exact) mass is 673 g/mol. The third kappa shape index (κ3) is 9.97. The lowest BCUT2D eigenvalue weighted by molar-refractivity contribution is -0.623. The highest BCUT2D eigenvalue weighted by molar-refractivity contribution is 4.96. The molecule has 284 valence electrons. The predicted molar refractivity (Wildman–Crippen MR) is 199 cm³/mol. The van der Waals surface area contributed by atoms with Gasteiger partial charge in [0.2, 0.25) is 0 Å². The quantitative estimate of drug-likeness (QED) is 0.107. The van der Waals surface area contributed by atoms with Gasteiger partial charge in [0.1, 0.15) is 0 Å². The zero-order valence-corrected chi connectivity index (χ0v) is 35.9. The van der Waals surface area contributed by atoms with Gasteiger partial charge in [-0.1, -0.05) is 138 Å². The topological polar surface area (TPSA) is 55.4 Å². The molecule has 0 aromatic heterocycles. The molecule has 0 N–H and O–H groups in total. The Labute approximate surface area is 294 Å². The number of hydrogen-bond acceptors (Lipinski definition) is 6. The zero-order valence-electron chi connectivity index (χ0n) is 35.9. The summed E-state index contributed by atoms with van der Waals surface area (Å²) in [5, 5.41) is 0. The van der Waals surface area contributed by atoms with Crippen molar-refractivity contribution in [2.24, 2.45) is 59.2 Å². The first kappa shape index (κ1) is 46.8. The van der Waals surface area contributed by atoms with E-state index in [-0.39, 0.29) is 71.4 Å². The van der Waals surface area contributed by atoms with E-state index >= 15 is 0 Å². The fourth-order valence-corrected chi connectivity index (χ4v) is 8.79. The molecule has 6 heteroatoms. The Morgan fingerprint density at radius 2 is 0.447 bits per heavy atom. The maximum absolute atomic E-state index is 7.76. The molecule has 0 heterocycles. The van der Waals surface area contributed by atoms with E-state index in [0.717, 1.165) is 0 Å². The minimum atomic E-state index is -2.02. The van der Waals surface area contributed by atoms with Gasteiger partial charge in [-0.05, 0) is 63.2 Å². The second-order valence-corrected chi connectivity index (χ2v) is 17.9. The molecule has 0 radical (unpaired) electrons. The van der Waals surface area contributed by atoms with E-state index in [4.69, 9.17) is 28.4 Å². The van der Waals surface area contributed by atoms with Gasteiger partial charge in [0, 0.05) is 23.7 Å². The summed E-state index contributed by atoms with van der Waals surface area (Å²) in [6, 6.07) is 0. The lowest BCUT2D eigenvalue weighted by atomic mass is 9.72. The van der Waals surface area contributed by atoms with E-state index in [0.29, 0.717) is 0 Å². The molecule has 0 aliphatic carbocycles. The lowest BCUT2D eigenvalue weighted by Gasteiger charge is -2.59. The Hall–Kier alpha value is -0.240. The minimum Gasteiger partial charge on any atom is -0.346 e. The van der Waals surface area contributed by atoms with Crippen LogP contribution in [0, 0.1) is 59.2 Å². The number of rotatable bonds is 22. The Balaban J connectivity index is 8.88. The number of ether oxygens (including phenoxy) is 6. The maximum Gasteiger partial charge on any atom is 0.418 e. The second kappa shape index (κ2) is 17.8. The molecule has 0 aromatic rings. The molecule has 0 aliphatic rings. The summed E-state index contributed by atoms with van der Waals surface area (Å²) in [5.41, 5.74) is -1.41. The standard InChI is InChI=1S/C41H84O6/c1-25(2)37(26(3)4,27(5)6)44-41(45-38(28(7)8,29(9)10)30(11)12,46-39(31(13)14,32(15)16)42-35(21)22)47-40(33(17)18,34(19)20)43-36(23)24/h25-36H,1-24H3. The Morgan fingerprint density at radius 1 is 0.255 bits per heavy atom. The third-order valence-electron chi connectivity index (χ3n) is 10.6. The van der Waals surface area contributed by atoms with E-state index in [9.17, 15) is 0 Å². The summed E-state index contributed by atoms with van der Waals surface area (Å²) in [6.45, 7) is 52.2. The maximum atomic E-state index is 7.76. The molecule has 0 aromatic carbocycles. The largest absolute Gasteiger partial charge is 0.418 e. The van der Waals surface area contributed by atoms with Crippen LogP contribution in [0.4, 0.5) is 0 Å². The smallest absolute Gasteiger partial charge is 0.346 e. The molecule has 6 nitrogen and oxygen atoms in total. The SMILES string of the molecule is CC(C)OC(OC(OC(OC(C)C)(C(C)C)C(C)C)(OC(C(C)C)(C(C)C)C(C)C)OC(C(C)C)(C(C)C)C(C)C)(C(C)C)C(C)C. The molecular weight excluding hydrogens is 588 g/mol. The van der Waals surface area contributed by atoms with Crippen LogP contribution in [-0.4, -0.2) is 41.1 Å². The van der Waals surface area contributed by atoms with Crippen LogP contribution in [0.2, 0.25) is 0 Å². The molecule has 0 unspecified atom stereocenters. The van der Waals surface area contributed by atoms with E-state index < -0.39 is 28.9 Å².